The van der Waals surface area contributed by atoms with E-state index in [0.29, 0.717) is 60.4 Å². The molecule has 270 valence electrons. The van der Waals surface area contributed by atoms with Crippen LogP contribution in [0.2, 0.25) is 0 Å². The second-order valence-electron chi connectivity index (χ2n) is 13.3. The molecule has 2 aromatic heterocycles. The maximum Gasteiger partial charge on any atom is 0.293 e. The van der Waals surface area contributed by atoms with Crippen molar-refractivity contribution < 1.29 is 23.9 Å². The van der Waals surface area contributed by atoms with E-state index in [-0.39, 0.29) is 29.7 Å². The molecule has 3 amide bonds. The van der Waals surface area contributed by atoms with Crippen LogP contribution in [-0.4, -0.2) is 73.1 Å². The average molecular weight is 703 g/mol. The summed E-state index contributed by atoms with van der Waals surface area (Å²) in [6.45, 7) is 9.14. The molecule has 0 aliphatic carbocycles. The Bertz CT molecular complexity index is 2040. The van der Waals surface area contributed by atoms with Gasteiger partial charge in [0.05, 0.1) is 29.6 Å². The van der Waals surface area contributed by atoms with E-state index in [2.05, 4.69) is 24.1 Å². The summed E-state index contributed by atoms with van der Waals surface area (Å²) in [5.74, 6) is -0.605. The predicted octanol–water partition coefficient (Wildman–Crippen LogP) is 7.00. The predicted molar refractivity (Wildman–Crippen MR) is 200 cm³/mol. The van der Waals surface area contributed by atoms with E-state index in [9.17, 15) is 19.5 Å². The summed E-state index contributed by atoms with van der Waals surface area (Å²) in [5.41, 5.74) is 5.31. The van der Waals surface area contributed by atoms with Crippen molar-refractivity contribution in [2.24, 2.45) is 0 Å². The highest BCUT2D eigenvalue weighted by Gasteiger charge is 2.32. The van der Waals surface area contributed by atoms with Gasteiger partial charge >= 0.3 is 0 Å². The number of unbranched alkanes of at least 4 members (excludes halogenated alkanes) is 2. The van der Waals surface area contributed by atoms with Crippen LogP contribution in [0.3, 0.4) is 0 Å². The van der Waals surface area contributed by atoms with Gasteiger partial charge in [-0.2, -0.15) is 5.10 Å². The number of aryl methyl sites for hydroxylation is 2. The fourth-order valence-corrected chi connectivity index (χ4v) is 6.61. The van der Waals surface area contributed by atoms with E-state index in [1.807, 2.05) is 66.4 Å². The van der Waals surface area contributed by atoms with Gasteiger partial charge in [-0.1, -0.05) is 69.2 Å². The summed E-state index contributed by atoms with van der Waals surface area (Å²) in [5, 5.41) is 18.1. The van der Waals surface area contributed by atoms with Gasteiger partial charge in [0, 0.05) is 36.6 Å². The molecular weight excluding hydrogens is 656 g/mol. The molecule has 11 nitrogen and oxygen atoms in total. The average Bonchev–Trinajstić information content (AvgIpc) is 3.76. The summed E-state index contributed by atoms with van der Waals surface area (Å²) in [6.07, 6.45) is 4.24. The number of oxazole rings is 1. The van der Waals surface area contributed by atoms with Crippen LogP contribution in [0.25, 0.3) is 17.1 Å². The zero-order valence-corrected chi connectivity index (χ0v) is 30.3. The minimum atomic E-state index is -0.513. The molecule has 2 N–H and O–H groups in total. The van der Waals surface area contributed by atoms with Crippen molar-refractivity contribution >= 4 is 23.4 Å². The van der Waals surface area contributed by atoms with Gasteiger partial charge in [-0.25, -0.2) is 9.67 Å². The smallest absolute Gasteiger partial charge is 0.293 e. The number of amides is 3. The number of carbonyl (C=O) groups excluding carboxylic acids is 3. The number of aromatic nitrogens is 3. The summed E-state index contributed by atoms with van der Waals surface area (Å²) < 4.78 is 7.51. The van der Waals surface area contributed by atoms with Gasteiger partial charge in [-0.15, -0.1) is 0 Å². The van der Waals surface area contributed by atoms with E-state index >= 15 is 0 Å². The number of rotatable bonds is 13. The molecule has 5 aromatic rings. The number of anilines is 1. The quantitative estimate of drug-likeness (QED) is 0.135. The Balaban J connectivity index is 1.37. The third kappa shape index (κ3) is 7.69. The Hall–Kier alpha value is -5.55. The number of nitrogens with zero attached hydrogens (tertiary/aromatic N) is 5. The van der Waals surface area contributed by atoms with Crippen LogP contribution >= 0.6 is 0 Å². The number of benzene rings is 3. The summed E-state index contributed by atoms with van der Waals surface area (Å²) in [6, 6.07) is 23.6. The maximum atomic E-state index is 14.6. The van der Waals surface area contributed by atoms with Crippen LogP contribution in [-0.2, 0) is 13.0 Å². The molecule has 0 saturated heterocycles. The minimum Gasteiger partial charge on any atom is -0.431 e. The Morgan fingerprint density at radius 1 is 0.923 bits per heavy atom. The lowest BCUT2D eigenvalue weighted by molar-refractivity contribution is 0.0544. The fraction of sp³-hybridized carbons (Fsp3) is 0.341. The van der Waals surface area contributed by atoms with Gasteiger partial charge < -0.3 is 24.6 Å². The standard InChI is InChI=1S/C41H46N6O5/c1-5-7-20-45(21-8-6-2)41(51)35-22-27(3)47(44-35)36-19-18-32(43-38(49)37-28(4)42-39(52-37)29-14-10-9-11-15-29)24-34(36)40(50)46-25-31-17-13-12-16-30(31)23-33(46)26-48/h9-19,22,24,33,48H,5-8,20-21,23,25-26H2,1-4H3,(H,43,49)/t33-/m0/s1. The molecule has 0 unspecified atom stereocenters. The Morgan fingerprint density at radius 2 is 1.62 bits per heavy atom. The highest BCUT2D eigenvalue weighted by molar-refractivity contribution is 6.05. The summed E-state index contributed by atoms with van der Waals surface area (Å²) in [7, 11) is 0. The molecule has 11 heteroatoms. The lowest BCUT2D eigenvalue weighted by Gasteiger charge is -2.36. The monoisotopic (exact) mass is 702 g/mol. The molecule has 3 heterocycles. The molecule has 0 spiro atoms. The zero-order chi connectivity index (χ0) is 36.8. The van der Waals surface area contributed by atoms with Crippen LogP contribution in [0.1, 0.15) is 93.4 Å². The van der Waals surface area contributed by atoms with Gasteiger partial charge in [0.25, 0.3) is 17.7 Å². The molecule has 1 aliphatic heterocycles. The molecular formula is C41H46N6O5. The van der Waals surface area contributed by atoms with Crippen molar-refractivity contribution in [2.45, 2.75) is 72.4 Å². The summed E-state index contributed by atoms with van der Waals surface area (Å²) >= 11 is 0. The van der Waals surface area contributed by atoms with Crippen molar-refractivity contribution in [3.8, 4) is 17.1 Å². The van der Waals surface area contributed by atoms with Gasteiger partial charge in [-0.05, 0) is 80.6 Å². The van der Waals surface area contributed by atoms with Crippen molar-refractivity contribution in [2.75, 3.05) is 25.0 Å². The number of aliphatic hydroxyl groups is 1. The van der Waals surface area contributed by atoms with Crippen molar-refractivity contribution in [3.05, 3.63) is 118 Å². The molecule has 6 rings (SSSR count). The van der Waals surface area contributed by atoms with Crippen molar-refractivity contribution in [1.29, 1.82) is 0 Å². The van der Waals surface area contributed by atoms with Crippen LogP contribution in [0.5, 0.6) is 0 Å². The first-order chi connectivity index (χ1) is 25.2. The number of fused-ring (bicyclic) bond motifs is 1. The second kappa shape index (κ2) is 16.2. The molecule has 3 aromatic carbocycles. The second-order valence-corrected chi connectivity index (χ2v) is 13.3. The molecule has 1 aliphatic rings. The van der Waals surface area contributed by atoms with Crippen molar-refractivity contribution in [1.82, 2.24) is 24.6 Å². The number of nitrogens with one attached hydrogen (secondary N) is 1. The van der Waals surface area contributed by atoms with E-state index in [1.54, 1.807) is 40.8 Å². The van der Waals surface area contributed by atoms with Gasteiger partial charge in [-0.3, -0.25) is 14.4 Å². The van der Waals surface area contributed by atoms with Gasteiger partial charge in [0.2, 0.25) is 11.7 Å². The van der Waals surface area contributed by atoms with E-state index in [0.717, 1.165) is 42.4 Å². The third-order valence-corrected chi connectivity index (χ3v) is 9.52. The van der Waals surface area contributed by atoms with Crippen LogP contribution in [0, 0.1) is 13.8 Å². The van der Waals surface area contributed by atoms with Crippen molar-refractivity contribution in [3.63, 3.8) is 0 Å². The SMILES string of the molecule is CCCCN(CCCC)C(=O)c1cc(C)n(-c2ccc(NC(=O)c3oc(-c4ccccc4)nc3C)cc2C(=O)N2Cc3ccccc3C[C@H]2CO)n1. The highest BCUT2D eigenvalue weighted by atomic mass is 16.4. The Morgan fingerprint density at radius 3 is 2.31 bits per heavy atom. The van der Waals surface area contributed by atoms with E-state index in [4.69, 9.17) is 9.52 Å². The van der Waals surface area contributed by atoms with Crippen LogP contribution in [0.4, 0.5) is 5.69 Å². The molecule has 1 atom stereocenters. The number of carbonyl (C=O) groups is 3. The molecule has 0 bridgehead atoms. The van der Waals surface area contributed by atoms with Gasteiger partial charge in [0.1, 0.15) is 0 Å². The Labute approximate surface area is 304 Å². The largest absolute Gasteiger partial charge is 0.431 e. The first-order valence-corrected chi connectivity index (χ1v) is 18.1. The third-order valence-electron chi connectivity index (χ3n) is 9.52. The molecule has 0 fully saturated rings. The zero-order valence-electron chi connectivity index (χ0n) is 30.3. The lowest BCUT2D eigenvalue weighted by Crippen LogP contribution is -2.46. The molecule has 52 heavy (non-hydrogen) atoms. The number of hydrogen-bond donors (Lipinski definition) is 2. The number of hydrogen-bond acceptors (Lipinski definition) is 7. The van der Waals surface area contributed by atoms with E-state index < -0.39 is 11.9 Å². The minimum absolute atomic E-state index is 0.0607. The molecule has 0 radical (unpaired) electrons. The number of aliphatic hydroxyl groups excluding tert-OH is 1. The normalized spacial score (nSPS) is 13.9. The Kier molecular flexibility index (Phi) is 11.3. The first kappa shape index (κ1) is 36.2. The molecule has 0 saturated carbocycles. The highest BCUT2D eigenvalue weighted by Crippen LogP contribution is 2.30. The van der Waals surface area contributed by atoms with Crippen LogP contribution < -0.4 is 5.32 Å². The van der Waals surface area contributed by atoms with E-state index in [1.165, 1.54) is 0 Å². The summed E-state index contributed by atoms with van der Waals surface area (Å²) in [4.78, 5) is 49.9. The first-order valence-electron chi connectivity index (χ1n) is 18.1. The van der Waals surface area contributed by atoms with Crippen LogP contribution in [0.15, 0.2) is 83.3 Å². The van der Waals surface area contributed by atoms with Gasteiger partial charge in [0.15, 0.2) is 5.69 Å². The lowest BCUT2D eigenvalue weighted by atomic mass is 9.93. The maximum absolute atomic E-state index is 14.6. The fourth-order valence-electron chi connectivity index (χ4n) is 6.61. The topological polar surface area (TPSA) is 134 Å².